The van der Waals surface area contributed by atoms with Gasteiger partial charge < -0.3 is 20.3 Å². The molecule has 1 saturated heterocycles. The number of hydrogen-bond donors (Lipinski definition) is 1. The number of amides is 1. The minimum absolute atomic E-state index is 0.439. The van der Waals surface area contributed by atoms with Crippen LogP contribution in [-0.2, 0) is 6.42 Å². The molecule has 0 atom stereocenters. The third-order valence-electron chi connectivity index (χ3n) is 5.33. The van der Waals surface area contributed by atoms with Crippen LogP contribution in [0.4, 0.5) is 5.95 Å². The molecule has 32 heavy (non-hydrogen) atoms. The Kier molecular flexibility index (Phi) is 7.24. The van der Waals surface area contributed by atoms with Gasteiger partial charge in [-0.3, -0.25) is 4.79 Å². The Hall–Kier alpha value is -3.10. The number of anilines is 1. The Bertz CT molecular complexity index is 1040. The molecule has 1 aliphatic rings. The summed E-state index contributed by atoms with van der Waals surface area (Å²) < 4.78 is 6.14. The van der Waals surface area contributed by atoms with Crippen LogP contribution in [0.3, 0.4) is 0 Å². The number of ether oxygens (including phenoxy) is 1. The normalized spacial score (nSPS) is 14.3. The number of nitrogens with zero attached hydrogens (tertiary/aromatic N) is 4. The van der Waals surface area contributed by atoms with E-state index in [0.29, 0.717) is 24.0 Å². The minimum atomic E-state index is -0.439. The smallest absolute Gasteiger partial charge is 0.248 e. The number of nitrogens with two attached hydrogens (primary N) is 1. The standard InChI is InChI=1S/C24H27N5O2S/c1-28-12-14-29(15-13-28)24-26-17-21(32-20-9-7-19(8-10-20)22(25)30)23(27-24)31-16-11-18-5-3-2-4-6-18/h2-10,17H,11-16H2,1H3,(H2,25,30). The fourth-order valence-corrected chi connectivity index (χ4v) is 4.23. The highest BCUT2D eigenvalue weighted by molar-refractivity contribution is 7.99. The molecule has 1 aromatic heterocycles. The summed E-state index contributed by atoms with van der Waals surface area (Å²) in [6.07, 6.45) is 2.62. The van der Waals surface area contributed by atoms with E-state index in [1.54, 1.807) is 12.1 Å². The van der Waals surface area contributed by atoms with Gasteiger partial charge in [-0.1, -0.05) is 42.1 Å². The van der Waals surface area contributed by atoms with Crippen molar-refractivity contribution in [2.75, 3.05) is 44.7 Å². The Balaban J connectivity index is 1.52. The molecule has 8 heteroatoms. The zero-order valence-corrected chi connectivity index (χ0v) is 18.9. The predicted molar refractivity (Wildman–Crippen MR) is 126 cm³/mol. The van der Waals surface area contributed by atoms with E-state index >= 15 is 0 Å². The average molecular weight is 450 g/mol. The first-order valence-corrected chi connectivity index (χ1v) is 11.4. The topological polar surface area (TPSA) is 84.6 Å². The number of hydrogen-bond acceptors (Lipinski definition) is 7. The van der Waals surface area contributed by atoms with E-state index in [0.717, 1.165) is 42.4 Å². The van der Waals surface area contributed by atoms with Crippen molar-refractivity contribution in [3.8, 4) is 5.88 Å². The molecular weight excluding hydrogens is 422 g/mol. The third kappa shape index (κ3) is 5.77. The monoisotopic (exact) mass is 449 g/mol. The van der Waals surface area contributed by atoms with Crippen LogP contribution < -0.4 is 15.4 Å². The lowest BCUT2D eigenvalue weighted by molar-refractivity contribution is 0.1000. The van der Waals surface area contributed by atoms with Gasteiger partial charge in [0.05, 0.1) is 17.7 Å². The van der Waals surface area contributed by atoms with E-state index in [-0.39, 0.29) is 0 Å². The molecule has 1 fully saturated rings. The SMILES string of the molecule is CN1CCN(c2ncc(Sc3ccc(C(N)=O)cc3)c(OCCc3ccccc3)n2)CC1. The lowest BCUT2D eigenvalue weighted by Gasteiger charge is -2.32. The zero-order chi connectivity index (χ0) is 22.3. The molecule has 166 valence electrons. The molecule has 0 aliphatic carbocycles. The summed E-state index contributed by atoms with van der Waals surface area (Å²) in [5, 5.41) is 0. The van der Waals surface area contributed by atoms with Gasteiger partial charge >= 0.3 is 0 Å². The van der Waals surface area contributed by atoms with Gasteiger partial charge in [0.2, 0.25) is 17.7 Å². The van der Waals surface area contributed by atoms with Gasteiger partial charge in [0.25, 0.3) is 0 Å². The Morgan fingerprint density at radius 1 is 1.06 bits per heavy atom. The minimum Gasteiger partial charge on any atom is -0.476 e. The van der Waals surface area contributed by atoms with E-state index in [9.17, 15) is 4.79 Å². The second kappa shape index (κ2) is 10.5. The molecule has 0 saturated carbocycles. The molecule has 1 aliphatic heterocycles. The van der Waals surface area contributed by atoms with Crippen LogP contribution in [0.25, 0.3) is 0 Å². The molecular formula is C24H27N5O2S. The van der Waals surface area contributed by atoms with Crippen LogP contribution in [0.15, 0.2) is 70.6 Å². The van der Waals surface area contributed by atoms with Crippen LogP contribution in [0, 0.1) is 0 Å². The maximum absolute atomic E-state index is 11.3. The first-order chi connectivity index (χ1) is 15.6. The van der Waals surface area contributed by atoms with Crippen molar-refractivity contribution >= 4 is 23.6 Å². The number of primary amides is 1. The Morgan fingerprint density at radius 2 is 1.78 bits per heavy atom. The van der Waals surface area contributed by atoms with Gasteiger partial charge in [0, 0.05) is 43.1 Å². The van der Waals surface area contributed by atoms with Gasteiger partial charge in [0.1, 0.15) is 0 Å². The third-order valence-corrected chi connectivity index (χ3v) is 6.34. The summed E-state index contributed by atoms with van der Waals surface area (Å²) in [5.41, 5.74) is 7.05. The van der Waals surface area contributed by atoms with E-state index in [2.05, 4.69) is 34.0 Å². The van der Waals surface area contributed by atoms with E-state index in [1.165, 1.54) is 17.3 Å². The fourth-order valence-electron chi connectivity index (χ4n) is 3.40. The number of aromatic nitrogens is 2. The number of piperazine rings is 1. The number of likely N-dealkylation sites (N-methyl/N-ethyl adjacent to an activating group) is 1. The van der Waals surface area contributed by atoms with Crippen molar-refractivity contribution in [1.29, 1.82) is 0 Å². The summed E-state index contributed by atoms with van der Waals surface area (Å²) in [5.74, 6) is 0.835. The number of benzene rings is 2. The Morgan fingerprint density at radius 3 is 2.47 bits per heavy atom. The van der Waals surface area contributed by atoms with Gasteiger partial charge in [-0.25, -0.2) is 4.98 Å². The highest BCUT2D eigenvalue weighted by Crippen LogP contribution is 2.34. The first kappa shape index (κ1) is 22.1. The number of carbonyl (C=O) groups is 1. The van der Waals surface area contributed by atoms with Crippen LogP contribution in [0.2, 0.25) is 0 Å². The summed E-state index contributed by atoms with van der Waals surface area (Å²) in [6.45, 7) is 4.27. The molecule has 7 nitrogen and oxygen atoms in total. The van der Waals surface area contributed by atoms with Gasteiger partial charge in [-0.15, -0.1) is 0 Å². The highest BCUT2D eigenvalue weighted by atomic mass is 32.2. The lowest BCUT2D eigenvalue weighted by atomic mass is 10.2. The average Bonchev–Trinajstić information content (AvgIpc) is 2.82. The summed E-state index contributed by atoms with van der Waals surface area (Å²) in [4.78, 5) is 27.0. The van der Waals surface area contributed by atoms with Crippen LogP contribution in [0.1, 0.15) is 15.9 Å². The number of rotatable bonds is 8. The molecule has 1 amide bonds. The molecule has 0 unspecified atom stereocenters. The highest BCUT2D eigenvalue weighted by Gasteiger charge is 2.19. The van der Waals surface area contributed by atoms with Crippen molar-refractivity contribution in [3.63, 3.8) is 0 Å². The largest absolute Gasteiger partial charge is 0.476 e. The molecule has 0 radical (unpaired) electrons. The molecule has 0 bridgehead atoms. The molecule has 0 spiro atoms. The molecule has 2 heterocycles. The van der Waals surface area contributed by atoms with Crippen LogP contribution in [0.5, 0.6) is 5.88 Å². The summed E-state index contributed by atoms with van der Waals surface area (Å²) in [7, 11) is 2.12. The molecule has 3 aromatic rings. The van der Waals surface area contributed by atoms with Gasteiger partial charge in [0.15, 0.2) is 0 Å². The van der Waals surface area contributed by atoms with Crippen molar-refractivity contribution in [1.82, 2.24) is 14.9 Å². The summed E-state index contributed by atoms with van der Waals surface area (Å²) >= 11 is 1.51. The molecule has 2 aromatic carbocycles. The maximum Gasteiger partial charge on any atom is 0.248 e. The number of carbonyl (C=O) groups excluding carboxylic acids is 1. The lowest BCUT2D eigenvalue weighted by Crippen LogP contribution is -2.45. The predicted octanol–water partition coefficient (Wildman–Crippen LogP) is 3.10. The molecule has 4 rings (SSSR count). The van der Waals surface area contributed by atoms with Crippen molar-refractivity contribution in [3.05, 3.63) is 71.9 Å². The quantitative estimate of drug-likeness (QED) is 0.566. The van der Waals surface area contributed by atoms with E-state index in [4.69, 9.17) is 15.5 Å². The van der Waals surface area contributed by atoms with E-state index in [1.807, 2.05) is 36.5 Å². The second-order valence-corrected chi connectivity index (χ2v) is 8.82. The fraction of sp³-hybridized carbons (Fsp3) is 0.292. The van der Waals surface area contributed by atoms with Crippen LogP contribution >= 0.6 is 11.8 Å². The summed E-state index contributed by atoms with van der Waals surface area (Å²) in [6, 6.07) is 17.4. The maximum atomic E-state index is 11.3. The van der Waals surface area contributed by atoms with Crippen molar-refractivity contribution in [2.24, 2.45) is 5.73 Å². The van der Waals surface area contributed by atoms with Crippen molar-refractivity contribution < 1.29 is 9.53 Å². The van der Waals surface area contributed by atoms with Gasteiger partial charge in [-0.2, -0.15) is 4.98 Å². The molecule has 2 N–H and O–H groups in total. The van der Waals surface area contributed by atoms with E-state index < -0.39 is 5.91 Å². The van der Waals surface area contributed by atoms with Crippen molar-refractivity contribution in [2.45, 2.75) is 16.2 Å². The first-order valence-electron chi connectivity index (χ1n) is 10.6. The second-order valence-electron chi connectivity index (χ2n) is 7.70. The van der Waals surface area contributed by atoms with Gasteiger partial charge in [-0.05, 0) is 36.9 Å². The van der Waals surface area contributed by atoms with Crippen LogP contribution in [-0.4, -0.2) is 60.6 Å². The zero-order valence-electron chi connectivity index (χ0n) is 18.1. The Labute approximate surface area is 192 Å².